The van der Waals surface area contributed by atoms with Crippen LogP contribution in [0.25, 0.3) is 0 Å². The molecular weight excluding hydrogens is 771 g/mol. The standard InChI is InChI=1S/C59H103NO3/c1-3-5-7-9-11-13-15-17-19-21-23-25-27-29-30-31-33-35-37-39-41-43-45-47-49-51-53-55-59(63)60-57(56-61)58(62)54-52-50-48-46-44-42-40-38-36-34-32-28-26-24-22-20-18-16-14-12-10-8-6-4-2/h5,7,11,13,17,19,23,25,29-30,33,35,39,41,45,47,57-58,61-62H,3-4,6,8-10,12,14-16,18,20-22,24,26-28,31-32,34,36-38,40,42-44,46,48-56H2,1-2H3,(H,60,63)/b7-5-,13-11-,19-17-,25-23-,30-29-,35-33-,41-39-,47-45-. The Morgan fingerprint density at radius 2 is 0.698 bits per heavy atom. The van der Waals surface area contributed by atoms with Crippen molar-refractivity contribution in [1.82, 2.24) is 5.32 Å². The number of carbonyl (C=O) groups excluding carboxylic acids is 1. The maximum Gasteiger partial charge on any atom is 0.220 e. The van der Waals surface area contributed by atoms with Gasteiger partial charge in [-0.2, -0.15) is 0 Å². The first-order valence-electron chi connectivity index (χ1n) is 26.9. The van der Waals surface area contributed by atoms with E-state index < -0.39 is 12.1 Å². The Morgan fingerprint density at radius 3 is 1.02 bits per heavy atom. The first kappa shape index (κ1) is 60.3. The van der Waals surface area contributed by atoms with Crippen molar-refractivity contribution >= 4 is 5.91 Å². The lowest BCUT2D eigenvalue weighted by Gasteiger charge is -2.22. The maximum absolute atomic E-state index is 12.5. The number of hydrogen-bond donors (Lipinski definition) is 3. The highest BCUT2D eigenvalue weighted by Crippen LogP contribution is 2.17. The van der Waals surface area contributed by atoms with E-state index in [0.29, 0.717) is 12.8 Å². The smallest absolute Gasteiger partial charge is 0.220 e. The second kappa shape index (κ2) is 53.6. The number of amides is 1. The Labute approximate surface area is 392 Å². The van der Waals surface area contributed by atoms with E-state index in [1.54, 1.807) is 0 Å². The molecule has 0 bridgehead atoms. The molecule has 63 heavy (non-hydrogen) atoms. The lowest BCUT2D eigenvalue weighted by Crippen LogP contribution is -2.45. The molecule has 362 valence electrons. The van der Waals surface area contributed by atoms with Crippen LogP contribution in [0.5, 0.6) is 0 Å². The molecule has 0 saturated carbocycles. The maximum atomic E-state index is 12.5. The number of nitrogens with one attached hydrogen (secondary N) is 1. The van der Waals surface area contributed by atoms with Gasteiger partial charge in [-0.1, -0.05) is 265 Å². The molecule has 0 aromatic rings. The summed E-state index contributed by atoms with van der Waals surface area (Å²) in [5, 5.41) is 23.3. The van der Waals surface area contributed by atoms with Crippen molar-refractivity contribution in [2.24, 2.45) is 0 Å². The highest BCUT2D eigenvalue weighted by Gasteiger charge is 2.20. The van der Waals surface area contributed by atoms with Crippen LogP contribution < -0.4 is 5.32 Å². The minimum Gasteiger partial charge on any atom is -0.394 e. The van der Waals surface area contributed by atoms with E-state index in [-0.39, 0.29) is 12.5 Å². The predicted molar refractivity (Wildman–Crippen MR) is 280 cm³/mol. The van der Waals surface area contributed by atoms with Crippen LogP contribution >= 0.6 is 0 Å². The molecule has 0 saturated heterocycles. The molecule has 0 aromatic heterocycles. The van der Waals surface area contributed by atoms with Gasteiger partial charge in [-0.3, -0.25) is 4.79 Å². The van der Waals surface area contributed by atoms with Gasteiger partial charge in [0.2, 0.25) is 5.91 Å². The van der Waals surface area contributed by atoms with Gasteiger partial charge in [-0.05, 0) is 77.0 Å². The van der Waals surface area contributed by atoms with Gasteiger partial charge in [0, 0.05) is 6.42 Å². The summed E-state index contributed by atoms with van der Waals surface area (Å²) in [6.07, 6.45) is 79.5. The highest BCUT2D eigenvalue weighted by molar-refractivity contribution is 5.76. The second-order valence-corrected chi connectivity index (χ2v) is 17.9. The molecule has 0 aromatic carbocycles. The largest absolute Gasteiger partial charge is 0.394 e. The zero-order valence-corrected chi connectivity index (χ0v) is 41.6. The first-order valence-corrected chi connectivity index (χ1v) is 26.9. The quantitative estimate of drug-likeness (QED) is 0.0421. The highest BCUT2D eigenvalue weighted by atomic mass is 16.3. The van der Waals surface area contributed by atoms with Crippen LogP contribution in [-0.4, -0.2) is 34.9 Å². The van der Waals surface area contributed by atoms with Gasteiger partial charge in [0.1, 0.15) is 0 Å². The van der Waals surface area contributed by atoms with Crippen LogP contribution in [0.3, 0.4) is 0 Å². The Kier molecular flexibility index (Phi) is 51.4. The second-order valence-electron chi connectivity index (χ2n) is 17.9. The van der Waals surface area contributed by atoms with Gasteiger partial charge < -0.3 is 15.5 Å². The first-order chi connectivity index (χ1) is 31.2. The van der Waals surface area contributed by atoms with Gasteiger partial charge in [-0.15, -0.1) is 0 Å². The summed E-state index contributed by atoms with van der Waals surface area (Å²) in [7, 11) is 0. The summed E-state index contributed by atoms with van der Waals surface area (Å²) in [5.41, 5.74) is 0. The molecule has 2 unspecified atom stereocenters. The van der Waals surface area contributed by atoms with Crippen molar-refractivity contribution in [3.8, 4) is 0 Å². The van der Waals surface area contributed by atoms with Gasteiger partial charge in [0.25, 0.3) is 0 Å². The van der Waals surface area contributed by atoms with Crippen molar-refractivity contribution in [2.45, 2.75) is 264 Å². The molecule has 2 atom stereocenters. The van der Waals surface area contributed by atoms with E-state index in [2.05, 4.69) is 116 Å². The molecule has 0 aliphatic carbocycles. The molecule has 0 fully saturated rings. The van der Waals surface area contributed by atoms with Gasteiger partial charge in [-0.25, -0.2) is 0 Å². The third kappa shape index (κ3) is 50.2. The summed E-state index contributed by atoms with van der Waals surface area (Å²) >= 11 is 0. The summed E-state index contributed by atoms with van der Waals surface area (Å²) in [4.78, 5) is 12.5. The number of carbonyl (C=O) groups is 1. The van der Waals surface area contributed by atoms with Crippen LogP contribution in [0.4, 0.5) is 0 Å². The van der Waals surface area contributed by atoms with E-state index in [1.165, 1.54) is 141 Å². The molecule has 4 heteroatoms. The van der Waals surface area contributed by atoms with Gasteiger partial charge in [0.05, 0.1) is 18.8 Å². The molecule has 1 amide bonds. The van der Waals surface area contributed by atoms with Crippen molar-refractivity contribution in [2.75, 3.05) is 6.61 Å². The SMILES string of the molecule is CC/C=C\C/C=C\C/C=C\C/C=C\C/C=C\C/C=C\C/C=C\C/C=C\CCCCC(=O)NC(CO)C(O)CCCCCCCCCCCCCCCCCCCCCCCCCC. The number of rotatable bonds is 48. The van der Waals surface area contributed by atoms with Crippen molar-refractivity contribution in [3.05, 3.63) is 97.2 Å². The van der Waals surface area contributed by atoms with Crippen molar-refractivity contribution in [1.29, 1.82) is 0 Å². The van der Waals surface area contributed by atoms with E-state index >= 15 is 0 Å². The average Bonchev–Trinajstić information content (AvgIpc) is 3.29. The Balaban J connectivity index is 3.62. The van der Waals surface area contributed by atoms with Gasteiger partial charge >= 0.3 is 0 Å². The molecule has 0 rings (SSSR count). The van der Waals surface area contributed by atoms with Crippen LogP contribution in [0.2, 0.25) is 0 Å². The molecule has 3 N–H and O–H groups in total. The summed E-state index contributed by atoms with van der Waals surface area (Å²) in [6.45, 7) is 4.24. The lowest BCUT2D eigenvalue weighted by molar-refractivity contribution is -0.123. The fourth-order valence-electron chi connectivity index (χ4n) is 7.79. The third-order valence-corrected chi connectivity index (χ3v) is 11.9. The van der Waals surface area contributed by atoms with Crippen molar-refractivity contribution in [3.63, 3.8) is 0 Å². The minimum absolute atomic E-state index is 0.0750. The summed E-state index contributed by atoms with van der Waals surface area (Å²) in [6, 6.07) is -0.568. The van der Waals surface area contributed by atoms with Crippen LogP contribution in [0, 0.1) is 0 Å². The molecule has 0 radical (unpaired) electrons. The van der Waals surface area contributed by atoms with E-state index in [0.717, 1.165) is 83.5 Å². The number of allylic oxidation sites excluding steroid dienone is 16. The number of aliphatic hydroxyl groups is 2. The third-order valence-electron chi connectivity index (χ3n) is 11.9. The summed E-state index contributed by atoms with van der Waals surface area (Å²) < 4.78 is 0. The van der Waals surface area contributed by atoms with E-state index in [1.807, 2.05) is 0 Å². The van der Waals surface area contributed by atoms with Crippen LogP contribution in [-0.2, 0) is 4.79 Å². The Morgan fingerprint density at radius 1 is 0.397 bits per heavy atom. The van der Waals surface area contributed by atoms with Gasteiger partial charge in [0.15, 0.2) is 0 Å². The lowest BCUT2D eigenvalue weighted by atomic mass is 10.0. The average molecular weight is 874 g/mol. The number of unbranched alkanes of at least 4 members (excludes halogenated alkanes) is 25. The zero-order chi connectivity index (χ0) is 45.6. The fraction of sp³-hybridized carbons (Fsp3) is 0.712. The molecule has 0 aliphatic heterocycles. The molecular formula is C59H103NO3. The number of aliphatic hydroxyl groups excluding tert-OH is 2. The van der Waals surface area contributed by atoms with Crippen LogP contribution in [0.1, 0.15) is 251 Å². The topological polar surface area (TPSA) is 69.6 Å². The van der Waals surface area contributed by atoms with E-state index in [4.69, 9.17) is 0 Å². The van der Waals surface area contributed by atoms with Crippen molar-refractivity contribution < 1.29 is 15.0 Å². The fourth-order valence-corrected chi connectivity index (χ4v) is 7.79. The summed E-state index contributed by atoms with van der Waals surface area (Å²) in [5.74, 6) is -0.0750. The molecule has 0 heterocycles. The van der Waals surface area contributed by atoms with Crippen LogP contribution in [0.15, 0.2) is 97.2 Å². The normalized spacial score (nSPS) is 13.7. The molecule has 4 nitrogen and oxygen atoms in total. The zero-order valence-electron chi connectivity index (χ0n) is 41.6. The van der Waals surface area contributed by atoms with E-state index in [9.17, 15) is 15.0 Å². The predicted octanol–water partition coefficient (Wildman–Crippen LogP) is 17.7. The Bertz CT molecular complexity index is 1170. The molecule has 0 spiro atoms. The molecule has 0 aliphatic rings. The Hall–Kier alpha value is -2.69. The number of hydrogen-bond acceptors (Lipinski definition) is 3. The minimum atomic E-state index is -0.686. The monoisotopic (exact) mass is 874 g/mol.